The third kappa shape index (κ3) is 8.65. The first-order valence-corrected chi connectivity index (χ1v) is 15.3. The zero-order valence-corrected chi connectivity index (χ0v) is 26.4. The summed E-state index contributed by atoms with van der Waals surface area (Å²) in [5.74, 6) is -0.590. The fraction of sp³-hybridized carbons (Fsp3) is 0.367. The number of pyridine rings is 1. The number of thioether (sulfide) groups is 1. The van der Waals surface area contributed by atoms with Gasteiger partial charge < -0.3 is 30.0 Å². The molecular formula is C30H33ClF3N5O5S. The van der Waals surface area contributed by atoms with Crippen LogP contribution in [0.3, 0.4) is 0 Å². The van der Waals surface area contributed by atoms with Crippen LogP contribution >= 0.6 is 23.4 Å². The van der Waals surface area contributed by atoms with E-state index in [0.717, 1.165) is 34.9 Å². The summed E-state index contributed by atoms with van der Waals surface area (Å²) in [5.41, 5.74) is 5.49. The minimum absolute atomic E-state index is 0.307. The SMILES string of the molecule is C[C@@H](N1CNn2ccc(=O)c(OCOC(=O)NCCN(C)C)c2C1=O)C(F)(F)F.Clc1cccc2c1CSc1ccccc1C2. The van der Waals surface area contributed by atoms with Crippen LogP contribution in [0.1, 0.15) is 34.1 Å². The summed E-state index contributed by atoms with van der Waals surface area (Å²) in [6, 6.07) is 13.8. The zero-order chi connectivity index (χ0) is 32.7. The molecule has 242 valence electrons. The van der Waals surface area contributed by atoms with Crippen LogP contribution in [0.2, 0.25) is 5.02 Å². The molecule has 2 amide bonds. The number of carbonyl (C=O) groups excluding carboxylic acids is 2. The summed E-state index contributed by atoms with van der Waals surface area (Å²) in [6.07, 6.45) is -3.26. The lowest BCUT2D eigenvalue weighted by Crippen LogP contribution is -2.54. The molecule has 1 atom stereocenters. The van der Waals surface area contributed by atoms with Gasteiger partial charge in [0.15, 0.2) is 5.69 Å². The first kappa shape index (κ1) is 34.0. The van der Waals surface area contributed by atoms with E-state index in [-0.39, 0.29) is 0 Å². The van der Waals surface area contributed by atoms with Gasteiger partial charge in [0.25, 0.3) is 5.91 Å². The topological polar surface area (TPSA) is 105 Å². The van der Waals surface area contributed by atoms with Crippen molar-refractivity contribution in [2.75, 3.05) is 46.1 Å². The van der Waals surface area contributed by atoms with Crippen molar-refractivity contribution in [2.45, 2.75) is 36.2 Å². The van der Waals surface area contributed by atoms with Crippen molar-refractivity contribution in [3.63, 3.8) is 0 Å². The van der Waals surface area contributed by atoms with Gasteiger partial charge in [0.2, 0.25) is 18.0 Å². The second-order valence-electron chi connectivity index (χ2n) is 10.4. The van der Waals surface area contributed by atoms with E-state index >= 15 is 0 Å². The van der Waals surface area contributed by atoms with Crippen LogP contribution in [-0.2, 0) is 16.9 Å². The van der Waals surface area contributed by atoms with Crippen LogP contribution in [0, 0.1) is 0 Å². The van der Waals surface area contributed by atoms with Crippen LogP contribution in [0.15, 0.2) is 64.4 Å². The van der Waals surface area contributed by atoms with Crippen molar-refractivity contribution in [3.05, 3.63) is 92.4 Å². The fourth-order valence-electron chi connectivity index (χ4n) is 4.49. The fourth-order valence-corrected chi connectivity index (χ4v) is 5.97. The Morgan fingerprint density at radius 1 is 1.13 bits per heavy atom. The number of hydrogen-bond donors (Lipinski definition) is 2. The number of carbonyl (C=O) groups is 2. The summed E-state index contributed by atoms with van der Waals surface area (Å²) in [7, 11) is 3.63. The summed E-state index contributed by atoms with van der Waals surface area (Å²) >= 11 is 8.13. The molecule has 0 aliphatic carbocycles. The van der Waals surface area contributed by atoms with E-state index in [2.05, 4.69) is 41.1 Å². The normalized spacial score (nSPS) is 14.5. The number of benzene rings is 2. The number of amides is 2. The number of nitrogens with one attached hydrogen (secondary N) is 2. The number of nitrogens with zero attached hydrogens (tertiary/aromatic N) is 3. The Morgan fingerprint density at radius 2 is 1.87 bits per heavy atom. The number of alkyl halides is 3. The third-order valence-corrected chi connectivity index (χ3v) is 8.53. The Hall–Kier alpha value is -3.88. The van der Waals surface area contributed by atoms with E-state index in [1.165, 1.54) is 27.8 Å². The highest BCUT2D eigenvalue weighted by Crippen LogP contribution is 2.36. The number of alkyl carbamates (subject to hydrolysis) is 1. The van der Waals surface area contributed by atoms with E-state index in [9.17, 15) is 27.6 Å². The molecule has 15 heteroatoms. The van der Waals surface area contributed by atoms with Gasteiger partial charge in [-0.1, -0.05) is 41.9 Å². The van der Waals surface area contributed by atoms with Crippen LogP contribution in [0.5, 0.6) is 5.75 Å². The maximum absolute atomic E-state index is 13.0. The molecular weight excluding hydrogens is 635 g/mol. The molecule has 0 radical (unpaired) electrons. The highest BCUT2D eigenvalue weighted by atomic mass is 35.5. The molecule has 45 heavy (non-hydrogen) atoms. The van der Waals surface area contributed by atoms with Crippen LogP contribution < -0.4 is 20.9 Å². The molecule has 5 rings (SSSR count). The molecule has 0 spiro atoms. The predicted molar refractivity (Wildman–Crippen MR) is 165 cm³/mol. The maximum atomic E-state index is 13.0. The number of rotatable bonds is 7. The second kappa shape index (κ2) is 14.9. The molecule has 3 heterocycles. The van der Waals surface area contributed by atoms with Gasteiger partial charge in [0.05, 0.1) is 0 Å². The van der Waals surface area contributed by atoms with Gasteiger partial charge in [-0.2, -0.15) is 13.2 Å². The predicted octanol–water partition coefficient (Wildman–Crippen LogP) is 4.92. The number of likely N-dealkylation sites (N-methyl/N-ethyl adjacent to an activating group) is 1. The van der Waals surface area contributed by atoms with Crippen molar-refractivity contribution >= 4 is 35.4 Å². The monoisotopic (exact) mass is 667 g/mol. The molecule has 2 aliphatic rings. The zero-order valence-electron chi connectivity index (χ0n) is 24.8. The molecule has 0 fully saturated rings. The van der Waals surface area contributed by atoms with Gasteiger partial charge in [-0.3, -0.25) is 14.3 Å². The van der Waals surface area contributed by atoms with Gasteiger partial charge in [-0.25, -0.2) is 4.79 Å². The minimum atomic E-state index is -4.65. The first-order chi connectivity index (χ1) is 21.4. The molecule has 1 aromatic heterocycles. The Kier molecular flexibility index (Phi) is 11.3. The molecule has 3 aromatic rings. The molecule has 2 aliphatic heterocycles. The molecule has 2 aromatic carbocycles. The lowest BCUT2D eigenvalue weighted by atomic mass is 10.0. The average molecular weight is 668 g/mol. The molecule has 0 saturated carbocycles. The molecule has 0 saturated heterocycles. The summed E-state index contributed by atoms with van der Waals surface area (Å²) < 4.78 is 50.0. The maximum Gasteiger partial charge on any atom is 0.410 e. The summed E-state index contributed by atoms with van der Waals surface area (Å²) in [4.78, 5) is 40.0. The highest BCUT2D eigenvalue weighted by Gasteiger charge is 2.44. The Balaban J connectivity index is 0.000000240. The number of halogens is 4. The second-order valence-corrected chi connectivity index (χ2v) is 11.8. The number of aromatic nitrogens is 1. The standard InChI is InChI=1S/C16H22F3N5O5.C14H11ClS/c1-10(16(17,18)19)23-8-21-24-6-4-11(25)13(12(24)14(23)26)28-9-29-15(27)20-5-7-22(2)3;15-13-6-3-5-10-8-11-4-1-2-7-14(11)16-9-12(10)13/h4,6,10,21H,5,7-9H2,1-3H3,(H,20,27);1-7H,8-9H2/t10-;/m1./s1. The Morgan fingerprint density at radius 3 is 2.60 bits per heavy atom. The lowest BCUT2D eigenvalue weighted by molar-refractivity contribution is -0.172. The van der Waals surface area contributed by atoms with Crippen LogP contribution in [-0.4, -0.2) is 79.3 Å². The van der Waals surface area contributed by atoms with Crippen molar-refractivity contribution in [3.8, 4) is 5.75 Å². The van der Waals surface area contributed by atoms with Crippen molar-refractivity contribution < 1.29 is 32.2 Å². The average Bonchev–Trinajstić information content (AvgIpc) is 3.18. The largest absolute Gasteiger partial charge is 0.451 e. The number of hydrogen-bond acceptors (Lipinski definition) is 8. The van der Waals surface area contributed by atoms with Gasteiger partial charge >= 0.3 is 12.3 Å². The molecule has 0 unspecified atom stereocenters. The Labute approximate surface area is 267 Å². The van der Waals surface area contributed by atoms with Gasteiger partial charge in [0.1, 0.15) is 12.7 Å². The van der Waals surface area contributed by atoms with E-state index in [0.29, 0.717) is 18.0 Å². The van der Waals surface area contributed by atoms with Gasteiger partial charge in [-0.05, 0) is 56.3 Å². The summed E-state index contributed by atoms with van der Waals surface area (Å²) in [6.45, 7) is 0.582. The third-order valence-electron chi connectivity index (χ3n) is 7.03. The van der Waals surface area contributed by atoms with Crippen LogP contribution in [0.25, 0.3) is 0 Å². The highest BCUT2D eigenvalue weighted by molar-refractivity contribution is 7.98. The smallest absolute Gasteiger partial charge is 0.410 e. The minimum Gasteiger partial charge on any atom is -0.451 e. The molecule has 10 nitrogen and oxygen atoms in total. The van der Waals surface area contributed by atoms with Crippen LogP contribution in [0.4, 0.5) is 18.0 Å². The lowest BCUT2D eigenvalue weighted by Gasteiger charge is -2.36. The molecule has 0 bridgehead atoms. The number of fused-ring (bicyclic) bond motifs is 3. The van der Waals surface area contributed by atoms with Crippen molar-refractivity contribution in [1.82, 2.24) is 19.8 Å². The van der Waals surface area contributed by atoms with Crippen molar-refractivity contribution in [2.24, 2.45) is 0 Å². The first-order valence-electron chi connectivity index (χ1n) is 13.9. The molecule has 2 N–H and O–H groups in total. The van der Waals surface area contributed by atoms with E-state index in [1.54, 1.807) is 0 Å². The van der Waals surface area contributed by atoms with Gasteiger partial charge in [-0.15, -0.1) is 11.8 Å². The Bertz CT molecular complexity index is 1590. The van der Waals surface area contributed by atoms with E-state index in [4.69, 9.17) is 21.1 Å². The van der Waals surface area contributed by atoms with Crippen molar-refractivity contribution in [1.29, 1.82) is 0 Å². The van der Waals surface area contributed by atoms with Gasteiger partial charge in [0, 0.05) is 41.0 Å². The van der Waals surface area contributed by atoms with E-state index < -0.39 is 54.6 Å². The quantitative estimate of drug-likeness (QED) is 0.343. The van der Waals surface area contributed by atoms with E-state index in [1.807, 2.05) is 42.9 Å². The summed E-state index contributed by atoms with van der Waals surface area (Å²) in [5, 5.41) is 3.35. The number of ether oxygens (including phenoxy) is 2.